The van der Waals surface area contributed by atoms with E-state index in [9.17, 15) is 14.4 Å². The van der Waals surface area contributed by atoms with Crippen LogP contribution in [0.2, 0.25) is 0 Å². The summed E-state index contributed by atoms with van der Waals surface area (Å²) < 4.78 is 4.48. The Morgan fingerprint density at radius 2 is 1.78 bits per heavy atom. The van der Waals surface area contributed by atoms with Crippen LogP contribution < -0.4 is 11.1 Å². The smallest absolute Gasteiger partial charge is 0.325 e. The number of nitrogens with two attached hydrogens (primary N) is 1. The highest BCUT2D eigenvalue weighted by atomic mass is 16.5. The molecule has 6 heteroatoms. The van der Waals surface area contributed by atoms with E-state index in [-0.39, 0.29) is 12.5 Å². The highest BCUT2D eigenvalue weighted by Crippen LogP contribution is 2.04. The molecule has 0 aliphatic carbocycles. The maximum absolute atomic E-state index is 11.3. The van der Waals surface area contributed by atoms with Crippen LogP contribution >= 0.6 is 0 Å². The second kappa shape index (κ2) is 10.6. The number of carbonyl (C=O) groups is 3. The molecule has 0 rings (SSSR count). The largest absolute Gasteiger partial charge is 0.454 e. The topological polar surface area (TPSA) is 98.5 Å². The Balaban J connectivity index is 3.46. The van der Waals surface area contributed by atoms with Crippen molar-refractivity contribution in [1.82, 2.24) is 5.32 Å². The lowest BCUT2D eigenvalue weighted by molar-refractivity contribution is -0.147. The second-order valence-corrected chi connectivity index (χ2v) is 4.07. The molecular weight excluding hydrogens is 236 g/mol. The predicted octanol–water partition coefficient (Wildman–Crippen LogP) is 0.492. The van der Waals surface area contributed by atoms with E-state index in [1.54, 1.807) is 0 Å². The van der Waals surface area contributed by atoms with Gasteiger partial charge in [-0.2, -0.15) is 0 Å². The van der Waals surface area contributed by atoms with Gasteiger partial charge in [0, 0.05) is 6.42 Å². The summed E-state index contributed by atoms with van der Waals surface area (Å²) in [4.78, 5) is 32.7. The minimum atomic E-state index is -0.717. The van der Waals surface area contributed by atoms with E-state index in [0.29, 0.717) is 6.42 Å². The van der Waals surface area contributed by atoms with Crippen molar-refractivity contribution in [2.75, 3.05) is 13.2 Å². The van der Waals surface area contributed by atoms with Crippen LogP contribution in [0.25, 0.3) is 0 Å². The molecular formula is C12H22N2O4. The molecule has 18 heavy (non-hydrogen) atoms. The molecule has 0 saturated carbocycles. The summed E-state index contributed by atoms with van der Waals surface area (Å²) in [6.45, 7) is 1.46. The van der Waals surface area contributed by atoms with Crippen LogP contribution in [0.15, 0.2) is 0 Å². The Hall–Kier alpha value is -1.59. The predicted molar refractivity (Wildman–Crippen MR) is 66.5 cm³/mol. The molecule has 0 bridgehead atoms. The Labute approximate surface area is 107 Å². The first-order chi connectivity index (χ1) is 8.56. The fourth-order valence-corrected chi connectivity index (χ4v) is 1.35. The minimum absolute atomic E-state index is 0.178. The molecule has 0 atom stereocenters. The van der Waals surface area contributed by atoms with Gasteiger partial charge in [0.15, 0.2) is 6.61 Å². The molecule has 0 heterocycles. The van der Waals surface area contributed by atoms with Gasteiger partial charge in [-0.1, -0.05) is 32.6 Å². The maximum atomic E-state index is 11.3. The molecule has 3 N–H and O–H groups in total. The lowest BCUT2D eigenvalue weighted by atomic mass is 10.1. The SMILES string of the molecule is CCCCCCCC(=O)NCC(=O)OCC(N)=O. The molecule has 0 aromatic carbocycles. The van der Waals surface area contributed by atoms with Gasteiger partial charge in [-0.05, 0) is 6.42 Å². The number of nitrogens with one attached hydrogen (secondary N) is 1. The third-order valence-corrected chi connectivity index (χ3v) is 2.31. The van der Waals surface area contributed by atoms with Crippen molar-refractivity contribution in [3.05, 3.63) is 0 Å². The fourth-order valence-electron chi connectivity index (χ4n) is 1.35. The third-order valence-electron chi connectivity index (χ3n) is 2.31. The summed E-state index contributed by atoms with van der Waals surface area (Å²) in [7, 11) is 0. The van der Waals surface area contributed by atoms with Gasteiger partial charge in [0.2, 0.25) is 5.91 Å². The molecule has 6 nitrogen and oxygen atoms in total. The van der Waals surface area contributed by atoms with Crippen LogP contribution in [0, 0.1) is 0 Å². The van der Waals surface area contributed by atoms with E-state index in [0.717, 1.165) is 25.7 Å². The fraction of sp³-hybridized carbons (Fsp3) is 0.750. The zero-order valence-corrected chi connectivity index (χ0v) is 10.9. The Morgan fingerprint density at radius 1 is 1.11 bits per heavy atom. The molecule has 0 saturated heterocycles. The van der Waals surface area contributed by atoms with Gasteiger partial charge in [-0.25, -0.2) is 0 Å². The summed E-state index contributed by atoms with van der Waals surface area (Å²) in [6.07, 6.45) is 5.73. The number of ether oxygens (including phenoxy) is 1. The summed E-state index contributed by atoms with van der Waals surface area (Å²) >= 11 is 0. The normalized spacial score (nSPS) is 9.83. The van der Waals surface area contributed by atoms with Gasteiger partial charge < -0.3 is 15.8 Å². The van der Waals surface area contributed by atoms with Crippen molar-refractivity contribution >= 4 is 17.8 Å². The van der Waals surface area contributed by atoms with Crippen LogP contribution in [-0.2, 0) is 19.1 Å². The molecule has 0 spiro atoms. The molecule has 0 aliphatic heterocycles. The minimum Gasteiger partial charge on any atom is -0.454 e. The average Bonchev–Trinajstić information content (AvgIpc) is 2.33. The standard InChI is InChI=1S/C12H22N2O4/c1-2-3-4-5-6-7-11(16)14-8-12(17)18-9-10(13)15/h2-9H2,1H3,(H2,13,15)(H,14,16). The van der Waals surface area contributed by atoms with Crippen LogP contribution in [-0.4, -0.2) is 30.9 Å². The summed E-state index contributed by atoms with van der Waals surface area (Å²) in [5.41, 5.74) is 4.80. The van der Waals surface area contributed by atoms with E-state index < -0.39 is 18.5 Å². The number of rotatable bonds is 10. The Bertz CT molecular complexity index is 279. The van der Waals surface area contributed by atoms with Crippen LogP contribution in [0.3, 0.4) is 0 Å². The van der Waals surface area contributed by atoms with Gasteiger partial charge in [0.25, 0.3) is 5.91 Å². The van der Waals surface area contributed by atoms with Crippen molar-refractivity contribution in [3.8, 4) is 0 Å². The summed E-state index contributed by atoms with van der Waals surface area (Å²) in [5, 5.41) is 2.43. The molecule has 104 valence electrons. The second-order valence-electron chi connectivity index (χ2n) is 4.07. The van der Waals surface area contributed by atoms with Gasteiger partial charge in [-0.3, -0.25) is 14.4 Å². The third kappa shape index (κ3) is 10.9. The van der Waals surface area contributed by atoms with Crippen molar-refractivity contribution in [2.24, 2.45) is 5.73 Å². The van der Waals surface area contributed by atoms with E-state index in [2.05, 4.69) is 17.0 Å². The zero-order valence-electron chi connectivity index (χ0n) is 10.9. The van der Waals surface area contributed by atoms with Crippen molar-refractivity contribution in [3.63, 3.8) is 0 Å². The Kier molecular flexibility index (Phi) is 9.62. The summed E-state index contributed by atoms with van der Waals surface area (Å²) in [6, 6.07) is 0. The van der Waals surface area contributed by atoms with Crippen LogP contribution in [0.4, 0.5) is 0 Å². The van der Waals surface area contributed by atoms with Gasteiger partial charge in [-0.15, -0.1) is 0 Å². The number of unbranched alkanes of at least 4 members (excludes halogenated alkanes) is 4. The van der Waals surface area contributed by atoms with Crippen molar-refractivity contribution in [2.45, 2.75) is 45.4 Å². The number of carbonyl (C=O) groups excluding carboxylic acids is 3. The van der Waals surface area contributed by atoms with Crippen molar-refractivity contribution in [1.29, 1.82) is 0 Å². The molecule has 0 unspecified atom stereocenters. The molecule has 0 radical (unpaired) electrons. The van der Waals surface area contributed by atoms with Gasteiger partial charge in [0.1, 0.15) is 6.54 Å². The Morgan fingerprint density at radius 3 is 2.39 bits per heavy atom. The van der Waals surface area contributed by atoms with Gasteiger partial charge >= 0.3 is 5.97 Å². The van der Waals surface area contributed by atoms with E-state index in [1.165, 1.54) is 6.42 Å². The van der Waals surface area contributed by atoms with Crippen molar-refractivity contribution < 1.29 is 19.1 Å². The maximum Gasteiger partial charge on any atom is 0.325 e. The number of hydrogen-bond donors (Lipinski definition) is 2. The first kappa shape index (κ1) is 16.4. The first-order valence-corrected chi connectivity index (χ1v) is 6.27. The highest BCUT2D eigenvalue weighted by molar-refractivity contribution is 5.83. The molecule has 2 amide bonds. The van der Waals surface area contributed by atoms with E-state index >= 15 is 0 Å². The lowest BCUT2D eigenvalue weighted by Crippen LogP contribution is -2.32. The van der Waals surface area contributed by atoms with E-state index in [1.807, 2.05) is 0 Å². The van der Waals surface area contributed by atoms with E-state index in [4.69, 9.17) is 5.73 Å². The summed E-state index contributed by atoms with van der Waals surface area (Å²) in [5.74, 6) is -1.55. The number of primary amides is 1. The average molecular weight is 258 g/mol. The first-order valence-electron chi connectivity index (χ1n) is 6.27. The van der Waals surface area contributed by atoms with Crippen LogP contribution in [0.1, 0.15) is 45.4 Å². The zero-order chi connectivity index (χ0) is 13.8. The number of esters is 1. The number of hydrogen-bond acceptors (Lipinski definition) is 4. The quantitative estimate of drug-likeness (QED) is 0.440. The molecule has 0 aromatic heterocycles. The highest BCUT2D eigenvalue weighted by Gasteiger charge is 2.07. The molecule has 0 aromatic rings. The van der Waals surface area contributed by atoms with Crippen LogP contribution in [0.5, 0.6) is 0 Å². The monoisotopic (exact) mass is 258 g/mol. The number of amides is 2. The lowest BCUT2D eigenvalue weighted by Gasteiger charge is -2.05. The molecule has 0 fully saturated rings. The molecule has 0 aliphatic rings. The van der Waals surface area contributed by atoms with Gasteiger partial charge in [0.05, 0.1) is 0 Å².